The van der Waals surface area contributed by atoms with Crippen molar-refractivity contribution in [3.8, 4) is 0 Å². The van der Waals surface area contributed by atoms with Gasteiger partial charge in [0.05, 0.1) is 13.0 Å². The number of rotatable bonds is 6. The molecule has 0 bridgehead atoms. The number of aliphatic hydroxyl groups excluding tert-OH is 1. The third kappa shape index (κ3) is 4.29. The Morgan fingerprint density at radius 3 is 2.71 bits per heavy atom. The summed E-state index contributed by atoms with van der Waals surface area (Å²) in [4.78, 5) is 12.0. The Labute approximate surface area is 126 Å². The lowest BCUT2D eigenvalue weighted by Gasteiger charge is -2.32. The zero-order valence-electron chi connectivity index (χ0n) is 12.6. The van der Waals surface area contributed by atoms with Crippen LogP contribution in [0.4, 0.5) is 0 Å². The van der Waals surface area contributed by atoms with Gasteiger partial charge in [-0.05, 0) is 24.3 Å². The third-order valence-electron chi connectivity index (χ3n) is 4.42. The molecule has 1 aliphatic rings. The van der Waals surface area contributed by atoms with Crippen LogP contribution in [-0.2, 0) is 9.53 Å². The average Bonchev–Trinajstić information content (AvgIpc) is 2.56. The van der Waals surface area contributed by atoms with Crippen LogP contribution in [0.25, 0.3) is 0 Å². The summed E-state index contributed by atoms with van der Waals surface area (Å²) in [7, 11) is 1.43. The van der Waals surface area contributed by atoms with Crippen LogP contribution in [0, 0.1) is 5.92 Å². The lowest BCUT2D eigenvalue weighted by molar-refractivity contribution is -0.142. The molecule has 0 spiro atoms. The molecule has 0 aromatic heterocycles. The number of ether oxygens (including phenoxy) is 1. The molecule has 3 atom stereocenters. The molecule has 1 aromatic carbocycles. The number of carbonyl (C=O) groups is 1. The monoisotopic (exact) mass is 291 g/mol. The first-order chi connectivity index (χ1) is 10.3. The van der Waals surface area contributed by atoms with Gasteiger partial charge in [-0.15, -0.1) is 0 Å². The van der Waals surface area contributed by atoms with Gasteiger partial charge in [0.15, 0.2) is 0 Å². The molecule has 0 radical (unpaired) electrons. The Balaban J connectivity index is 2.00. The smallest absolute Gasteiger partial charge is 0.314 e. The van der Waals surface area contributed by atoms with E-state index in [4.69, 9.17) is 4.74 Å². The Morgan fingerprint density at radius 1 is 1.33 bits per heavy atom. The van der Waals surface area contributed by atoms with E-state index >= 15 is 0 Å². The Morgan fingerprint density at radius 2 is 2.05 bits per heavy atom. The highest BCUT2D eigenvalue weighted by Gasteiger charge is 2.27. The van der Waals surface area contributed by atoms with Gasteiger partial charge in [-0.3, -0.25) is 4.79 Å². The van der Waals surface area contributed by atoms with Gasteiger partial charge in [0, 0.05) is 19.2 Å². The molecule has 21 heavy (non-hydrogen) atoms. The van der Waals surface area contributed by atoms with E-state index in [1.165, 1.54) is 20.0 Å². The van der Waals surface area contributed by atoms with E-state index < -0.39 is 0 Å². The number of hydrogen-bond donors (Lipinski definition) is 2. The first kappa shape index (κ1) is 16.0. The van der Waals surface area contributed by atoms with E-state index in [1.54, 1.807) is 0 Å². The highest BCUT2D eigenvalue weighted by atomic mass is 16.5. The van der Waals surface area contributed by atoms with E-state index in [1.807, 2.05) is 30.3 Å². The number of methoxy groups -OCH3 is 1. The van der Waals surface area contributed by atoms with Crippen molar-refractivity contribution in [2.24, 2.45) is 5.92 Å². The van der Waals surface area contributed by atoms with Gasteiger partial charge < -0.3 is 15.2 Å². The highest BCUT2D eigenvalue weighted by molar-refractivity contribution is 5.78. The quantitative estimate of drug-likeness (QED) is 0.788. The van der Waals surface area contributed by atoms with Crippen LogP contribution in [0.1, 0.15) is 37.2 Å². The maximum Gasteiger partial charge on any atom is 0.314 e. The maximum atomic E-state index is 12.0. The molecule has 1 aliphatic carbocycles. The van der Waals surface area contributed by atoms with Gasteiger partial charge >= 0.3 is 5.97 Å². The number of nitrogens with one attached hydrogen (secondary N) is 1. The van der Waals surface area contributed by atoms with Crippen molar-refractivity contribution < 1.29 is 14.6 Å². The summed E-state index contributed by atoms with van der Waals surface area (Å²) in [5.41, 5.74) is 0.966. The zero-order valence-corrected chi connectivity index (χ0v) is 12.6. The molecule has 2 N–H and O–H groups in total. The van der Waals surface area contributed by atoms with Crippen molar-refractivity contribution in [2.45, 2.75) is 37.6 Å². The molecule has 0 aliphatic heterocycles. The first-order valence-corrected chi connectivity index (χ1v) is 7.73. The minimum absolute atomic E-state index is 0.214. The summed E-state index contributed by atoms with van der Waals surface area (Å²) in [6.45, 7) is 0.768. The highest BCUT2D eigenvalue weighted by Crippen LogP contribution is 2.25. The third-order valence-corrected chi connectivity index (χ3v) is 4.42. The van der Waals surface area contributed by atoms with Gasteiger partial charge in [-0.25, -0.2) is 0 Å². The normalized spacial score (nSPS) is 23.5. The second-order valence-electron chi connectivity index (χ2n) is 5.73. The fourth-order valence-electron chi connectivity index (χ4n) is 3.13. The van der Waals surface area contributed by atoms with Crippen LogP contribution in [0.3, 0.4) is 0 Å². The summed E-state index contributed by atoms with van der Waals surface area (Å²) in [5.74, 6) is -0.213. The Kier molecular flexibility index (Phi) is 6.21. The second-order valence-corrected chi connectivity index (χ2v) is 5.73. The summed E-state index contributed by atoms with van der Waals surface area (Å²) in [6.07, 6.45) is 4.49. The molecule has 1 fully saturated rings. The number of hydrogen-bond acceptors (Lipinski definition) is 4. The van der Waals surface area contributed by atoms with Crippen molar-refractivity contribution in [3.63, 3.8) is 0 Å². The van der Waals surface area contributed by atoms with Crippen LogP contribution >= 0.6 is 0 Å². The summed E-state index contributed by atoms with van der Waals surface area (Å²) >= 11 is 0. The van der Waals surface area contributed by atoms with Crippen molar-refractivity contribution in [1.82, 2.24) is 5.32 Å². The van der Waals surface area contributed by atoms with E-state index in [2.05, 4.69) is 5.32 Å². The predicted octanol–water partition coefficient (Wildman–Crippen LogP) is 2.08. The SMILES string of the molecule is COC(=O)C(CNC1CCCCC1CO)c1ccccc1. The number of aliphatic hydroxyl groups is 1. The zero-order chi connectivity index (χ0) is 15.1. The van der Waals surface area contributed by atoms with Gasteiger partial charge in [0.25, 0.3) is 0 Å². The molecule has 1 saturated carbocycles. The number of carbonyl (C=O) groups excluding carboxylic acids is 1. The Hall–Kier alpha value is -1.39. The summed E-state index contributed by atoms with van der Waals surface area (Å²) in [6, 6.07) is 10.00. The largest absolute Gasteiger partial charge is 0.469 e. The molecule has 4 nitrogen and oxygen atoms in total. The molecule has 1 aromatic rings. The summed E-state index contributed by atoms with van der Waals surface area (Å²) < 4.78 is 4.93. The molecule has 116 valence electrons. The van der Waals surface area contributed by atoms with E-state index in [-0.39, 0.29) is 18.5 Å². The van der Waals surface area contributed by atoms with Crippen molar-refractivity contribution in [3.05, 3.63) is 35.9 Å². The average molecular weight is 291 g/mol. The number of esters is 1. The van der Waals surface area contributed by atoms with Gasteiger partial charge in [-0.1, -0.05) is 43.2 Å². The molecule has 0 saturated heterocycles. The van der Waals surface area contributed by atoms with Crippen LogP contribution in [0.2, 0.25) is 0 Å². The topological polar surface area (TPSA) is 58.6 Å². The second kappa shape index (κ2) is 8.15. The van der Waals surface area contributed by atoms with E-state index in [9.17, 15) is 9.90 Å². The van der Waals surface area contributed by atoms with E-state index in [0.29, 0.717) is 18.5 Å². The van der Waals surface area contributed by atoms with Crippen LogP contribution in [0.5, 0.6) is 0 Å². The molecule has 2 rings (SSSR count). The van der Waals surface area contributed by atoms with Crippen LogP contribution in [0.15, 0.2) is 30.3 Å². The minimum Gasteiger partial charge on any atom is -0.469 e. The standard InChI is InChI=1S/C17H25NO3/c1-21-17(20)15(13-7-3-2-4-8-13)11-18-16-10-6-5-9-14(16)12-19/h2-4,7-8,14-16,18-19H,5-6,9-12H2,1H3. The molecule has 0 heterocycles. The van der Waals surface area contributed by atoms with Gasteiger partial charge in [-0.2, -0.15) is 0 Å². The van der Waals surface area contributed by atoms with Gasteiger partial charge in [0.2, 0.25) is 0 Å². The molecular weight excluding hydrogens is 266 g/mol. The fourth-order valence-corrected chi connectivity index (χ4v) is 3.13. The Bertz CT molecular complexity index is 435. The van der Waals surface area contributed by atoms with Crippen molar-refractivity contribution in [2.75, 3.05) is 20.3 Å². The lowest BCUT2D eigenvalue weighted by atomic mass is 9.84. The van der Waals surface area contributed by atoms with Crippen LogP contribution < -0.4 is 5.32 Å². The molecule has 4 heteroatoms. The first-order valence-electron chi connectivity index (χ1n) is 7.73. The minimum atomic E-state index is -0.294. The predicted molar refractivity (Wildman–Crippen MR) is 82.0 cm³/mol. The van der Waals surface area contributed by atoms with Crippen molar-refractivity contribution >= 4 is 5.97 Å². The number of benzene rings is 1. The lowest BCUT2D eigenvalue weighted by Crippen LogP contribution is -2.43. The molecular formula is C17H25NO3. The maximum absolute atomic E-state index is 12.0. The summed E-state index contributed by atoms with van der Waals surface area (Å²) in [5, 5.41) is 12.9. The van der Waals surface area contributed by atoms with E-state index in [0.717, 1.165) is 18.4 Å². The fraction of sp³-hybridized carbons (Fsp3) is 0.588. The molecule has 3 unspecified atom stereocenters. The van der Waals surface area contributed by atoms with Crippen molar-refractivity contribution in [1.29, 1.82) is 0 Å². The van der Waals surface area contributed by atoms with Crippen LogP contribution in [-0.4, -0.2) is 37.4 Å². The van der Waals surface area contributed by atoms with Gasteiger partial charge in [0.1, 0.15) is 0 Å². The molecule has 0 amide bonds.